The molecule has 0 aromatic heterocycles. The summed E-state index contributed by atoms with van der Waals surface area (Å²) in [6.45, 7) is 9.23. The summed E-state index contributed by atoms with van der Waals surface area (Å²) in [7, 11) is 0. The lowest BCUT2D eigenvalue weighted by Crippen LogP contribution is -2.31. The number of hydrogen-bond donors (Lipinski definition) is 2. The molecule has 33 heavy (non-hydrogen) atoms. The van der Waals surface area contributed by atoms with Gasteiger partial charge in [-0.05, 0) is 45.5 Å². The van der Waals surface area contributed by atoms with Gasteiger partial charge in [-0.15, -0.1) is 13.2 Å². The number of rotatable bonds is 8. The van der Waals surface area contributed by atoms with Gasteiger partial charge in [0.15, 0.2) is 0 Å². The third-order valence-electron chi connectivity index (χ3n) is 6.49. The first-order valence-corrected chi connectivity index (χ1v) is 11.4. The second-order valence-electron chi connectivity index (χ2n) is 8.27. The molecule has 0 spiro atoms. The van der Waals surface area contributed by atoms with Crippen LogP contribution >= 0.6 is 0 Å². The van der Waals surface area contributed by atoms with E-state index in [0.717, 1.165) is 11.4 Å². The van der Waals surface area contributed by atoms with Gasteiger partial charge in [-0.2, -0.15) is 0 Å². The van der Waals surface area contributed by atoms with Gasteiger partial charge in [0.2, 0.25) is 0 Å². The highest BCUT2D eigenvalue weighted by molar-refractivity contribution is 5.89. The molecule has 2 N–H and O–H groups in total. The molecule has 1 aliphatic carbocycles. The molecule has 4 aromatic rings. The normalized spacial score (nSPS) is 13.0. The zero-order chi connectivity index (χ0) is 22.7. The van der Waals surface area contributed by atoms with Crippen LogP contribution < -0.4 is 10.6 Å². The Kier molecular flexibility index (Phi) is 5.58. The summed E-state index contributed by atoms with van der Waals surface area (Å²) in [6, 6.07) is 35.0. The third-order valence-corrected chi connectivity index (χ3v) is 6.49. The highest BCUT2D eigenvalue weighted by Gasteiger charge is 2.48. The average Bonchev–Trinajstić information content (AvgIpc) is 3.18. The summed E-state index contributed by atoms with van der Waals surface area (Å²) in [6.07, 6.45) is 3.80. The molecule has 0 amide bonds. The molecule has 4 aromatic carbocycles. The van der Waals surface area contributed by atoms with E-state index in [1.165, 1.54) is 33.4 Å². The molecule has 0 aliphatic heterocycles. The summed E-state index contributed by atoms with van der Waals surface area (Å²) >= 11 is 0. The average molecular weight is 429 g/mol. The Hall–Kier alpha value is -4.04. The number of anilines is 2. The van der Waals surface area contributed by atoms with Crippen LogP contribution in [0, 0.1) is 0 Å². The third kappa shape index (κ3) is 3.27. The molecule has 2 heteroatoms. The van der Waals surface area contributed by atoms with Crippen LogP contribution in [-0.4, -0.2) is 13.1 Å². The molecule has 0 atom stereocenters. The number of hydrogen-bond acceptors (Lipinski definition) is 2. The Balaban J connectivity index is 1.92. The van der Waals surface area contributed by atoms with Crippen LogP contribution in [0.4, 0.5) is 11.4 Å². The monoisotopic (exact) mass is 428 g/mol. The Morgan fingerprint density at radius 2 is 0.879 bits per heavy atom. The minimum absolute atomic E-state index is 0.470. The molecule has 0 bridgehead atoms. The van der Waals surface area contributed by atoms with Crippen molar-refractivity contribution in [3.63, 3.8) is 0 Å². The zero-order valence-electron chi connectivity index (χ0n) is 18.7. The first kappa shape index (κ1) is 20.8. The second-order valence-corrected chi connectivity index (χ2v) is 8.27. The molecule has 0 unspecified atom stereocenters. The van der Waals surface area contributed by atoms with Gasteiger partial charge in [0.25, 0.3) is 0 Å². The topological polar surface area (TPSA) is 24.1 Å². The maximum absolute atomic E-state index is 3.92. The first-order valence-electron chi connectivity index (χ1n) is 11.4. The quantitative estimate of drug-likeness (QED) is 0.254. The Bertz CT molecular complexity index is 1210. The van der Waals surface area contributed by atoms with Crippen molar-refractivity contribution in [3.05, 3.63) is 145 Å². The maximum atomic E-state index is 3.92. The zero-order valence-corrected chi connectivity index (χ0v) is 18.7. The maximum Gasteiger partial charge on any atom is 0.0753 e. The Morgan fingerprint density at radius 1 is 0.515 bits per heavy atom. The minimum Gasteiger partial charge on any atom is -0.381 e. The molecule has 0 fully saturated rings. The number of fused-ring (bicyclic) bond motifs is 3. The van der Waals surface area contributed by atoms with E-state index in [0.29, 0.717) is 13.1 Å². The Morgan fingerprint density at radius 3 is 1.30 bits per heavy atom. The van der Waals surface area contributed by atoms with Gasteiger partial charge >= 0.3 is 0 Å². The van der Waals surface area contributed by atoms with Gasteiger partial charge in [-0.1, -0.05) is 97.1 Å². The van der Waals surface area contributed by atoms with Crippen molar-refractivity contribution in [2.75, 3.05) is 23.7 Å². The van der Waals surface area contributed by atoms with Crippen LogP contribution in [0.5, 0.6) is 0 Å². The Labute approximate surface area is 196 Å². The van der Waals surface area contributed by atoms with Gasteiger partial charge in [0.05, 0.1) is 5.41 Å². The van der Waals surface area contributed by atoms with Crippen LogP contribution in [0.25, 0.3) is 11.1 Å². The van der Waals surface area contributed by atoms with Crippen molar-refractivity contribution in [1.82, 2.24) is 0 Å². The fourth-order valence-electron chi connectivity index (χ4n) is 5.25. The number of benzene rings is 4. The summed E-state index contributed by atoms with van der Waals surface area (Å²) in [4.78, 5) is 0. The van der Waals surface area contributed by atoms with Crippen molar-refractivity contribution in [2.45, 2.75) is 5.41 Å². The molecule has 1 aliphatic rings. The second kappa shape index (κ2) is 8.84. The van der Waals surface area contributed by atoms with Gasteiger partial charge in [0, 0.05) is 24.5 Å². The van der Waals surface area contributed by atoms with Gasteiger partial charge < -0.3 is 10.6 Å². The van der Waals surface area contributed by atoms with Gasteiger partial charge in [-0.25, -0.2) is 0 Å². The standard InChI is InChI=1S/C31H28N2/c1-3-21-32-29-19-11-9-17-27(29)31(28-18-10-12-20-30(28)33-22-4-2)25-15-7-5-13-23(25)24-14-6-8-16-26(24)31/h3-20,32-33H,1-2,21-22H2. The van der Waals surface area contributed by atoms with Crippen molar-refractivity contribution in [1.29, 1.82) is 0 Å². The predicted octanol–water partition coefficient (Wildman–Crippen LogP) is 7.25. The molecule has 2 nitrogen and oxygen atoms in total. The first-order chi connectivity index (χ1) is 16.3. The van der Waals surface area contributed by atoms with E-state index in [1.54, 1.807) is 0 Å². The molecular formula is C31H28N2. The highest BCUT2D eigenvalue weighted by Crippen LogP contribution is 2.58. The predicted molar refractivity (Wildman–Crippen MR) is 141 cm³/mol. The van der Waals surface area contributed by atoms with E-state index in [1.807, 2.05) is 12.2 Å². The molecule has 0 heterocycles. The largest absolute Gasteiger partial charge is 0.381 e. The molecular weight excluding hydrogens is 400 g/mol. The lowest BCUT2D eigenvalue weighted by molar-refractivity contribution is 0.771. The summed E-state index contributed by atoms with van der Waals surface area (Å²) in [5.74, 6) is 0. The fourth-order valence-corrected chi connectivity index (χ4v) is 5.25. The molecule has 0 radical (unpaired) electrons. The van der Waals surface area contributed by atoms with Crippen LogP contribution in [0.15, 0.2) is 122 Å². The molecule has 0 saturated heterocycles. The van der Waals surface area contributed by atoms with Crippen molar-refractivity contribution in [2.24, 2.45) is 0 Å². The SMILES string of the molecule is C=CCNc1ccccc1C1(c2ccccc2NCC=C)c2ccccc2-c2ccccc21. The van der Waals surface area contributed by atoms with Crippen molar-refractivity contribution in [3.8, 4) is 11.1 Å². The fraction of sp³-hybridized carbons (Fsp3) is 0.0968. The van der Waals surface area contributed by atoms with E-state index < -0.39 is 5.41 Å². The summed E-state index contributed by atoms with van der Waals surface area (Å²) in [5.41, 5.74) is 9.39. The van der Waals surface area contributed by atoms with Crippen LogP contribution in [0.3, 0.4) is 0 Å². The number of nitrogens with one attached hydrogen (secondary N) is 2. The minimum atomic E-state index is -0.470. The van der Waals surface area contributed by atoms with Crippen LogP contribution in [0.2, 0.25) is 0 Å². The van der Waals surface area contributed by atoms with Crippen LogP contribution in [-0.2, 0) is 5.41 Å². The molecule has 162 valence electrons. The number of para-hydroxylation sites is 2. The smallest absolute Gasteiger partial charge is 0.0753 e. The van der Waals surface area contributed by atoms with E-state index in [4.69, 9.17) is 0 Å². The van der Waals surface area contributed by atoms with E-state index in [9.17, 15) is 0 Å². The van der Waals surface area contributed by atoms with Gasteiger partial charge in [0.1, 0.15) is 0 Å². The lowest BCUT2D eigenvalue weighted by atomic mass is 9.66. The lowest BCUT2D eigenvalue weighted by Gasteiger charge is -2.37. The van der Waals surface area contributed by atoms with E-state index in [-0.39, 0.29) is 0 Å². The van der Waals surface area contributed by atoms with Crippen molar-refractivity contribution < 1.29 is 0 Å². The summed E-state index contributed by atoms with van der Waals surface area (Å²) < 4.78 is 0. The summed E-state index contributed by atoms with van der Waals surface area (Å²) in [5, 5.41) is 7.21. The van der Waals surface area contributed by atoms with Crippen molar-refractivity contribution >= 4 is 11.4 Å². The molecule has 0 saturated carbocycles. The van der Waals surface area contributed by atoms with E-state index in [2.05, 4.69) is 121 Å². The van der Waals surface area contributed by atoms with E-state index >= 15 is 0 Å². The van der Waals surface area contributed by atoms with Gasteiger partial charge in [-0.3, -0.25) is 0 Å². The highest BCUT2D eigenvalue weighted by atomic mass is 14.9. The molecule has 5 rings (SSSR count). The van der Waals surface area contributed by atoms with Crippen LogP contribution in [0.1, 0.15) is 22.3 Å².